The molecule has 1 rings (SSSR count). The molecule has 4 nitrogen and oxygen atoms in total. The molecule has 0 saturated carbocycles. The minimum Gasteiger partial charge on any atom is -0.392 e. The summed E-state index contributed by atoms with van der Waals surface area (Å²) >= 11 is 0. The first-order valence-electron chi connectivity index (χ1n) is 4.96. The van der Waals surface area contributed by atoms with Crippen LogP contribution in [-0.4, -0.2) is 37.4 Å². The number of pyridine rings is 1. The molecular weight excluding hydrogens is 192 g/mol. The highest BCUT2D eigenvalue weighted by atomic mass is 16.5. The van der Waals surface area contributed by atoms with E-state index in [1.54, 1.807) is 7.11 Å². The summed E-state index contributed by atoms with van der Waals surface area (Å²) in [6.45, 7) is 3.43. The summed E-state index contributed by atoms with van der Waals surface area (Å²) in [6, 6.07) is 3.77. The lowest BCUT2D eigenvalue weighted by molar-refractivity contribution is 0.206. The van der Waals surface area contributed by atoms with E-state index in [0.29, 0.717) is 6.61 Å². The average molecular weight is 210 g/mol. The summed E-state index contributed by atoms with van der Waals surface area (Å²) in [5.74, 6) is 0.871. The largest absolute Gasteiger partial charge is 0.392 e. The summed E-state index contributed by atoms with van der Waals surface area (Å²) < 4.78 is 5.00. The molecule has 84 valence electrons. The highest BCUT2D eigenvalue weighted by Crippen LogP contribution is 2.13. The van der Waals surface area contributed by atoms with E-state index in [1.807, 2.05) is 31.0 Å². The standard InChI is InChI=1S/C11H18N2O2/c1-9-6-10(8-14)7-11(12-9)13(2)4-5-15-3/h6-7,14H,4-5,8H2,1-3H3. The molecule has 0 fully saturated rings. The van der Waals surface area contributed by atoms with Crippen molar-refractivity contribution in [3.63, 3.8) is 0 Å². The van der Waals surface area contributed by atoms with Crippen molar-refractivity contribution in [2.75, 3.05) is 32.2 Å². The van der Waals surface area contributed by atoms with Gasteiger partial charge in [0.15, 0.2) is 0 Å². The van der Waals surface area contributed by atoms with Gasteiger partial charge in [0.2, 0.25) is 0 Å². The van der Waals surface area contributed by atoms with Crippen molar-refractivity contribution >= 4 is 5.82 Å². The van der Waals surface area contributed by atoms with Crippen LogP contribution in [-0.2, 0) is 11.3 Å². The third kappa shape index (κ3) is 3.49. The number of aliphatic hydroxyl groups excluding tert-OH is 1. The quantitative estimate of drug-likeness (QED) is 0.786. The zero-order valence-corrected chi connectivity index (χ0v) is 9.53. The minimum atomic E-state index is 0.0501. The Hall–Kier alpha value is -1.13. The van der Waals surface area contributed by atoms with Gasteiger partial charge in [0.05, 0.1) is 13.2 Å². The second-order valence-electron chi connectivity index (χ2n) is 3.55. The van der Waals surface area contributed by atoms with E-state index in [0.717, 1.165) is 23.6 Å². The first kappa shape index (κ1) is 11.9. The van der Waals surface area contributed by atoms with Crippen LogP contribution in [0.1, 0.15) is 11.3 Å². The van der Waals surface area contributed by atoms with E-state index in [1.165, 1.54) is 0 Å². The topological polar surface area (TPSA) is 45.6 Å². The Balaban J connectivity index is 2.78. The number of likely N-dealkylation sites (N-methyl/N-ethyl adjacent to an activating group) is 1. The lowest BCUT2D eigenvalue weighted by Gasteiger charge is -2.18. The lowest BCUT2D eigenvalue weighted by atomic mass is 10.2. The van der Waals surface area contributed by atoms with E-state index in [4.69, 9.17) is 9.84 Å². The number of hydrogen-bond acceptors (Lipinski definition) is 4. The smallest absolute Gasteiger partial charge is 0.128 e. The number of aliphatic hydroxyl groups is 1. The summed E-state index contributed by atoms with van der Waals surface area (Å²) in [6.07, 6.45) is 0. The molecule has 0 saturated heterocycles. The number of methoxy groups -OCH3 is 1. The van der Waals surface area contributed by atoms with Gasteiger partial charge in [0.1, 0.15) is 5.82 Å². The molecule has 1 N–H and O–H groups in total. The van der Waals surface area contributed by atoms with Crippen molar-refractivity contribution in [2.45, 2.75) is 13.5 Å². The SMILES string of the molecule is COCCN(C)c1cc(CO)cc(C)n1. The molecule has 0 unspecified atom stereocenters. The predicted molar refractivity (Wildman–Crippen MR) is 60.0 cm³/mol. The first-order valence-corrected chi connectivity index (χ1v) is 4.96. The fourth-order valence-corrected chi connectivity index (χ4v) is 1.35. The average Bonchev–Trinajstić information content (AvgIpc) is 2.24. The number of aryl methyl sites for hydroxylation is 1. The number of ether oxygens (including phenoxy) is 1. The molecule has 0 spiro atoms. The minimum absolute atomic E-state index is 0.0501. The van der Waals surface area contributed by atoms with Gasteiger partial charge in [-0.1, -0.05) is 0 Å². The monoisotopic (exact) mass is 210 g/mol. The van der Waals surface area contributed by atoms with Crippen molar-refractivity contribution in [1.29, 1.82) is 0 Å². The molecular formula is C11H18N2O2. The second-order valence-corrected chi connectivity index (χ2v) is 3.55. The van der Waals surface area contributed by atoms with Gasteiger partial charge < -0.3 is 14.7 Å². The Morgan fingerprint density at radius 1 is 1.47 bits per heavy atom. The van der Waals surface area contributed by atoms with Crippen LogP contribution in [0, 0.1) is 6.92 Å². The fraction of sp³-hybridized carbons (Fsp3) is 0.545. The molecule has 0 amide bonds. The third-order valence-corrected chi connectivity index (χ3v) is 2.20. The summed E-state index contributed by atoms with van der Waals surface area (Å²) in [4.78, 5) is 6.40. The number of aromatic nitrogens is 1. The Bertz CT molecular complexity index is 315. The fourth-order valence-electron chi connectivity index (χ4n) is 1.35. The molecule has 4 heteroatoms. The molecule has 0 aliphatic carbocycles. The van der Waals surface area contributed by atoms with Crippen molar-refractivity contribution in [3.05, 3.63) is 23.4 Å². The summed E-state index contributed by atoms with van der Waals surface area (Å²) in [5, 5.41) is 9.07. The zero-order valence-electron chi connectivity index (χ0n) is 9.53. The van der Waals surface area contributed by atoms with Gasteiger partial charge in [-0.25, -0.2) is 4.98 Å². The highest BCUT2D eigenvalue weighted by Gasteiger charge is 2.04. The van der Waals surface area contributed by atoms with Crippen LogP contribution in [0.5, 0.6) is 0 Å². The molecule has 1 aromatic rings. The van der Waals surface area contributed by atoms with Crippen molar-refractivity contribution < 1.29 is 9.84 Å². The molecule has 0 bridgehead atoms. The normalized spacial score (nSPS) is 10.4. The molecule has 0 aromatic carbocycles. The van der Waals surface area contributed by atoms with E-state index in [9.17, 15) is 0 Å². The summed E-state index contributed by atoms with van der Waals surface area (Å²) in [5.41, 5.74) is 1.81. The highest BCUT2D eigenvalue weighted by molar-refractivity contribution is 5.41. The Morgan fingerprint density at radius 3 is 2.80 bits per heavy atom. The maximum atomic E-state index is 9.07. The van der Waals surface area contributed by atoms with Crippen LogP contribution in [0.25, 0.3) is 0 Å². The Kier molecular flexibility index (Phi) is 4.52. The molecule has 0 atom stereocenters. The molecule has 1 aromatic heterocycles. The van der Waals surface area contributed by atoms with Crippen LogP contribution in [0.2, 0.25) is 0 Å². The van der Waals surface area contributed by atoms with E-state index < -0.39 is 0 Å². The second kappa shape index (κ2) is 5.68. The molecule has 1 heterocycles. The van der Waals surface area contributed by atoms with E-state index in [2.05, 4.69) is 4.98 Å². The zero-order chi connectivity index (χ0) is 11.3. The van der Waals surface area contributed by atoms with Gasteiger partial charge in [-0.15, -0.1) is 0 Å². The van der Waals surface area contributed by atoms with Gasteiger partial charge in [-0.3, -0.25) is 0 Å². The van der Waals surface area contributed by atoms with Crippen molar-refractivity contribution in [2.24, 2.45) is 0 Å². The van der Waals surface area contributed by atoms with Gasteiger partial charge in [-0.05, 0) is 24.6 Å². The van der Waals surface area contributed by atoms with Gasteiger partial charge in [0.25, 0.3) is 0 Å². The van der Waals surface area contributed by atoms with E-state index >= 15 is 0 Å². The third-order valence-electron chi connectivity index (χ3n) is 2.20. The molecule has 0 aliphatic heterocycles. The molecule has 0 radical (unpaired) electrons. The van der Waals surface area contributed by atoms with Crippen LogP contribution in [0.4, 0.5) is 5.82 Å². The molecule has 0 aliphatic rings. The van der Waals surface area contributed by atoms with Crippen LogP contribution in [0.15, 0.2) is 12.1 Å². The predicted octanol–water partition coefficient (Wildman–Crippen LogP) is 0.965. The number of hydrogen-bond donors (Lipinski definition) is 1. The van der Waals surface area contributed by atoms with Crippen LogP contribution in [0.3, 0.4) is 0 Å². The lowest BCUT2D eigenvalue weighted by Crippen LogP contribution is -2.23. The summed E-state index contributed by atoms with van der Waals surface area (Å²) in [7, 11) is 3.64. The Labute approximate surface area is 90.5 Å². The van der Waals surface area contributed by atoms with Crippen molar-refractivity contribution in [3.8, 4) is 0 Å². The van der Waals surface area contributed by atoms with Crippen molar-refractivity contribution in [1.82, 2.24) is 4.98 Å². The maximum absolute atomic E-state index is 9.07. The number of anilines is 1. The number of rotatable bonds is 5. The molecule has 15 heavy (non-hydrogen) atoms. The number of nitrogens with zero attached hydrogens (tertiary/aromatic N) is 2. The van der Waals surface area contributed by atoms with Crippen LogP contribution >= 0.6 is 0 Å². The van der Waals surface area contributed by atoms with E-state index in [-0.39, 0.29) is 6.61 Å². The maximum Gasteiger partial charge on any atom is 0.128 e. The first-order chi connectivity index (χ1) is 7.17. The Morgan fingerprint density at radius 2 is 2.20 bits per heavy atom. The van der Waals surface area contributed by atoms with Crippen LogP contribution < -0.4 is 4.90 Å². The van der Waals surface area contributed by atoms with Gasteiger partial charge in [-0.2, -0.15) is 0 Å². The van der Waals surface area contributed by atoms with Gasteiger partial charge in [0, 0.05) is 26.4 Å². The van der Waals surface area contributed by atoms with Gasteiger partial charge >= 0.3 is 0 Å².